The molecule has 0 saturated carbocycles. The molecular weight excluding hydrogens is 508 g/mol. The zero-order chi connectivity index (χ0) is 23.5. The summed E-state index contributed by atoms with van der Waals surface area (Å²) in [5.41, 5.74) is 2.60. The van der Waals surface area contributed by atoms with Gasteiger partial charge in [0.25, 0.3) is 11.8 Å². The number of nitrogens with zero attached hydrogens (tertiary/aromatic N) is 1. The third-order valence-electron chi connectivity index (χ3n) is 4.98. The van der Waals surface area contributed by atoms with E-state index < -0.39 is 17.8 Å². The molecule has 0 aliphatic carbocycles. The number of rotatable bonds is 5. The second-order valence-electron chi connectivity index (χ2n) is 7.37. The van der Waals surface area contributed by atoms with Crippen LogP contribution < -0.4 is 15.0 Å². The standard InChI is InChI=1S/C25H18BrClN2O4/c1-15-6-8-16(9-7-15)14-33-22-11-10-18(26)12-17(22)13-19-23(30)28-25(32)29(24(19)31)21-5-3-2-4-20(21)27/h2-13H,14H2,1H3,(H,28,30,32)/b19-13+. The van der Waals surface area contributed by atoms with Crippen LogP contribution in [-0.4, -0.2) is 17.8 Å². The summed E-state index contributed by atoms with van der Waals surface area (Å²) >= 11 is 9.59. The zero-order valence-corrected chi connectivity index (χ0v) is 19.8. The number of barbiturate groups is 1. The summed E-state index contributed by atoms with van der Waals surface area (Å²) in [7, 11) is 0. The molecule has 0 spiro atoms. The van der Waals surface area contributed by atoms with Gasteiger partial charge < -0.3 is 4.74 Å². The number of urea groups is 1. The quantitative estimate of drug-likeness (QED) is 0.345. The molecule has 1 aliphatic heterocycles. The van der Waals surface area contributed by atoms with Crippen LogP contribution in [0.3, 0.4) is 0 Å². The molecule has 0 unspecified atom stereocenters. The molecule has 166 valence electrons. The number of carbonyl (C=O) groups excluding carboxylic acids is 3. The summed E-state index contributed by atoms with van der Waals surface area (Å²) in [4.78, 5) is 39.0. The molecular formula is C25H18BrClN2O4. The third kappa shape index (κ3) is 4.99. The zero-order valence-electron chi connectivity index (χ0n) is 17.5. The molecule has 3 aromatic rings. The number of carbonyl (C=O) groups is 3. The van der Waals surface area contributed by atoms with E-state index in [9.17, 15) is 14.4 Å². The number of imide groups is 2. The predicted molar refractivity (Wildman–Crippen MR) is 130 cm³/mol. The number of aryl methyl sites for hydroxylation is 1. The maximum Gasteiger partial charge on any atom is 0.335 e. The Labute approximate surface area is 203 Å². The number of hydrogen-bond donors (Lipinski definition) is 1. The number of anilines is 1. The van der Waals surface area contributed by atoms with Gasteiger partial charge in [0.1, 0.15) is 17.9 Å². The highest BCUT2D eigenvalue weighted by atomic mass is 79.9. The lowest BCUT2D eigenvalue weighted by molar-refractivity contribution is -0.122. The Bertz CT molecular complexity index is 1290. The van der Waals surface area contributed by atoms with Crippen molar-refractivity contribution in [3.05, 3.63) is 98.5 Å². The fourth-order valence-corrected chi connectivity index (χ4v) is 3.87. The minimum Gasteiger partial charge on any atom is -0.488 e. The first-order valence-electron chi connectivity index (χ1n) is 9.97. The molecule has 1 N–H and O–H groups in total. The summed E-state index contributed by atoms with van der Waals surface area (Å²) in [6.45, 7) is 2.31. The van der Waals surface area contributed by atoms with Crippen molar-refractivity contribution < 1.29 is 19.1 Å². The van der Waals surface area contributed by atoms with Crippen LogP contribution in [0, 0.1) is 6.92 Å². The van der Waals surface area contributed by atoms with E-state index in [1.165, 1.54) is 12.1 Å². The SMILES string of the molecule is Cc1ccc(COc2ccc(Br)cc2/C=C2\C(=O)NC(=O)N(c3ccccc3Cl)C2=O)cc1. The summed E-state index contributed by atoms with van der Waals surface area (Å²) in [6.07, 6.45) is 1.41. The van der Waals surface area contributed by atoms with Gasteiger partial charge >= 0.3 is 6.03 Å². The van der Waals surface area contributed by atoms with E-state index in [0.717, 1.165) is 20.5 Å². The number of halogens is 2. The van der Waals surface area contributed by atoms with Gasteiger partial charge in [0.2, 0.25) is 0 Å². The molecule has 1 fully saturated rings. The van der Waals surface area contributed by atoms with Gasteiger partial charge in [-0.25, -0.2) is 9.69 Å². The van der Waals surface area contributed by atoms with E-state index in [1.54, 1.807) is 36.4 Å². The van der Waals surface area contributed by atoms with E-state index >= 15 is 0 Å². The van der Waals surface area contributed by atoms with Gasteiger partial charge in [0.15, 0.2) is 0 Å². The van der Waals surface area contributed by atoms with Crippen LogP contribution in [0.1, 0.15) is 16.7 Å². The molecule has 8 heteroatoms. The summed E-state index contributed by atoms with van der Waals surface area (Å²) in [5.74, 6) is -1.09. The summed E-state index contributed by atoms with van der Waals surface area (Å²) in [6, 6.07) is 18.8. The van der Waals surface area contributed by atoms with Gasteiger partial charge in [-0.1, -0.05) is 69.5 Å². The third-order valence-corrected chi connectivity index (χ3v) is 5.79. The van der Waals surface area contributed by atoms with Crippen molar-refractivity contribution in [1.29, 1.82) is 0 Å². The van der Waals surface area contributed by atoms with Crippen LogP contribution in [0.4, 0.5) is 10.5 Å². The van der Waals surface area contributed by atoms with E-state index in [0.29, 0.717) is 17.9 Å². The van der Waals surface area contributed by atoms with Crippen LogP contribution in [0.5, 0.6) is 5.75 Å². The fraction of sp³-hybridized carbons (Fsp3) is 0.0800. The van der Waals surface area contributed by atoms with Crippen LogP contribution in [-0.2, 0) is 16.2 Å². The molecule has 0 atom stereocenters. The topological polar surface area (TPSA) is 75.7 Å². The van der Waals surface area contributed by atoms with Gasteiger partial charge in [-0.2, -0.15) is 0 Å². The molecule has 33 heavy (non-hydrogen) atoms. The largest absolute Gasteiger partial charge is 0.488 e. The number of ether oxygens (including phenoxy) is 1. The highest BCUT2D eigenvalue weighted by Crippen LogP contribution is 2.31. The number of nitrogens with one attached hydrogen (secondary N) is 1. The predicted octanol–water partition coefficient (Wildman–Crippen LogP) is 5.66. The smallest absolute Gasteiger partial charge is 0.335 e. The maximum absolute atomic E-state index is 13.2. The van der Waals surface area contributed by atoms with Crippen molar-refractivity contribution in [3.63, 3.8) is 0 Å². The van der Waals surface area contributed by atoms with Crippen molar-refractivity contribution in [3.8, 4) is 5.75 Å². The Morgan fingerprint density at radius 3 is 2.48 bits per heavy atom. The molecule has 0 radical (unpaired) electrons. The van der Waals surface area contributed by atoms with Crippen LogP contribution in [0.2, 0.25) is 5.02 Å². The van der Waals surface area contributed by atoms with Gasteiger partial charge in [-0.15, -0.1) is 0 Å². The highest BCUT2D eigenvalue weighted by molar-refractivity contribution is 9.10. The van der Waals surface area contributed by atoms with Gasteiger partial charge in [0, 0.05) is 10.0 Å². The van der Waals surface area contributed by atoms with Gasteiger partial charge in [-0.3, -0.25) is 14.9 Å². The van der Waals surface area contributed by atoms with Crippen molar-refractivity contribution in [2.24, 2.45) is 0 Å². The average Bonchev–Trinajstić information content (AvgIpc) is 2.78. The lowest BCUT2D eigenvalue weighted by atomic mass is 10.1. The Morgan fingerprint density at radius 1 is 1.03 bits per heavy atom. The second-order valence-corrected chi connectivity index (χ2v) is 8.69. The van der Waals surface area contributed by atoms with Crippen LogP contribution in [0.25, 0.3) is 6.08 Å². The lowest BCUT2D eigenvalue weighted by Crippen LogP contribution is -2.54. The van der Waals surface area contributed by atoms with E-state index in [1.807, 2.05) is 31.2 Å². The monoisotopic (exact) mass is 524 g/mol. The number of para-hydroxylation sites is 1. The molecule has 0 aromatic heterocycles. The summed E-state index contributed by atoms with van der Waals surface area (Å²) in [5, 5.41) is 2.41. The molecule has 4 amide bonds. The first-order chi connectivity index (χ1) is 15.8. The normalized spacial score (nSPS) is 15.1. The van der Waals surface area contributed by atoms with E-state index in [4.69, 9.17) is 16.3 Å². The van der Waals surface area contributed by atoms with E-state index in [2.05, 4.69) is 21.2 Å². The van der Waals surface area contributed by atoms with Crippen molar-refractivity contribution >= 4 is 57.1 Å². The van der Waals surface area contributed by atoms with Gasteiger partial charge in [0.05, 0.1) is 10.7 Å². The van der Waals surface area contributed by atoms with Crippen LogP contribution in [0.15, 0.2) is 76.8 Å². The lowest BCUT2D eigenvalue weighted by Gasteiger charge is -2.27. The van der Waals surface area contributed by atoms with Crippen molar-refractivity contribution in [1.82, 2.24) is 5.32 Å². The molecule has 4 rings (SSSR count). The first-order valence-corrected chi connectivity index (χ1v) is 11.1. The Kier molecular flexibility index (Phi) is 6.62. The fourth-order valence-electron chi connectivity index (χ4n) is 3.27. The minimum absolute atomic E-state index is 0.185. The maximum atomic E-state index is 13.2. The second kappa shape index (κ2) is 9.60. The molecule has 1 heterocycles. The number of benzene rings is 3. The molecule has 1 aliphatic rings. The van der Waals surface area contributed by atoms with E-state index in [-0.39, 0.29) is 16.3 Å². The Morgan fingerprint density at radius 2 is 1.76 bits per heavy atom. The molecule has 3 aromatic carbocycles. The number of hydrogen-bond acceptors (Lipinski definition) is 4. The van der Waals surface area contributed by atoms with Crippen molar-refractivity contribution in [2.75, 3.05) is 4.90 Å². The van der Waals surface area contributed by atoms with Crippen molar-refractivity contribution in [2.45, 2.75) is 13.5 Å². The van der Waals surface area contributed by atoms with Gasteiger partial charge in [-0.05, 0) is 48.9 Å². The molecule has 6 nitrogen and oxygen atoms in total. The molecule has 0 bridgehead atoms. The first kappa shape index (κ1) is 22.8. The highest BCUT2D eigenvalue weighted by Gasteiger charge is 2.37. The Balaban J connectivity index is 1.68. The van der Waals surface area contributed by atoms with Crippen LogP contribution >= 0.6 is 27.5 Å². The minimum atomic E-state index is -0.861. The average molecular weight is 526 g/mol. The Hall–Kier alpha value is -3.42. The summed E-state index contributed by atoms with van der Waals surface area (Å²) < 4.78 is 6.71. The number of amides is 4. The molecule has 1 saturated heterocycles.